The smallest absolute Gasteiger partial charge is 0.407 e. The van der Waals surface area contributed by atoms with Crippen LogP contribution >= 0.6 is 22.6 Å². The third-order valence-corrected chi connectivity index (χ3v) is 8.62. The van der Waals surface area contributed by atoms with Crippen molar-refractivity contribution in [2.75, 3.05) is 46.6 Å². The van der Waals surface area contributed by atoms with Crippen LogP contribution in [-0.4, -0.2) is 78.1 Å². The fraction of sp³-hybridized carbons (Fsp3) is 0.826. The number of likely N-dealkylation sites (N-methyl/N-ethyl adjacent to an activating group) is 1. The minimum absolute atomic E-state index is 0.0135. The first-order chi connectivity index (χ1) is 15.3. The molecule has 1 aromatic rings. The second-order valence-electron chi connectivity index (χ2n) is 10.2. The molecule has 9 heteroatoms. The predicted molar refractivity (Wildman–Crippen MR) is 128 cm³/mol. The molecule has 1 amide bonds. The van der Waals surface area contributed by atoms with Gasteiger partial charge < -0.3 is 24.2 Å². The zero-order chi connectivity index (χ0) is 22.8. The molecule has 0 spiro atoms. The van der Waals surface area contributed by atoms with Crippen LogP contribution in [0.2, 0.25) is 0 Å². The van der Waals surface area contributed by atoms with Crippen molar-refractivity contribution >= 4 is 28.7 Å². The lowest BCUT2D eigenvalue weighted by Gasteiger charge is -2.61. The molecule has 1 N–H and O–H groups in total. The van der Waals surface area contributed by atoms with Crippen LogP contribution in [0.4, 0.5) is 4.79 Å². The van der Waals surface area contributed by atoms with Crippen LogP contribution in [0.3, 0.4) is 0 Å². The van der Waals surface area contributed by atoms with Crippen molar-refractivity contribution in [1.29, 1.82) is 0 Å². The molecule has 32 heavy (non-hydrogen) atoms. The monoisotopic (exact) mass is 561 g/mol. The van der Waals surface area contributed by atoms with E-state index in [0.29, 0.717) is 45.0 Å². The van der Waals surface area contributed by atoms with Crippen LogP contribution in [0.5, 0.6) is 0 Å². The van der Waals surface area contributed by atoms with Crippen LogP contribution in [0.25, 0.3) is 0 Å². The molecule has 4 bridgehead atoms. The molecular formula is C23H36IN3O5. The van der Waals surface area contributed by atoms with Crippen molar-refractivity contribution in [3.05, 3.63) is 15.5 Å². The van der Waals surface area contributed by atoms with Crippen LogP contribution in [0.15, 0.2) is 6.20 Å². The van der Waals surface area contributed by atoms with E-state index in [2.05, 4.69) is 39.3 Å². The molecule has 8 nitrogen and oxygen atoms in total. The van der Waals surface area contributed by atoms with Crippen molar-refractivity contribution in [1.82, 2.24) is 14.7 Å². The van der Waals surface area contributed by atoms with E-state index in [1.807, 2.05) is 6.20 Å². The molecule has 0 aromatic carbocycles. The zero-order valence-corrected chi connectivity index (χ0v) is 21.4. The van der Waals surface area contributed by atoms with Gasteiger partial charge in [0.2, 0.25) is 0 Å². The summed E-state index contributed by atoms with van der Waals surface area (Å²) in [4.78, 5) is 11.9. The fourth-order valence-electron chi connectivity index (χ4n) is 6.56. The Morgan fingerprint density at radius 2 is 1.84 bits per heavy atom. The lowest BCUT2D eigenvalue weighted by Crippen LogP contribution is -2.58. The summed E-state index contributed by atoms with van der Waals surface area (Å²) in [6, 6.07) is 0. The molecule has 2 unspecified atom stereocenters. The SMILES string of the molecule is Cc1c(I)cnn1CC12CC3CC(C1)CC(OCCOCCOCCN(C)C(=O)O)(C3)C2. The Hall–Kier alpha value is -0.910. The minimum Gasteiger partial charge on any atom is -0.465 e. The number of halogens is 1. The number of amides is 1. The van der Waals surface area contributed by atoms with Gasteiger partial charge in [-0.2, -0.15) is 5.10 Å². The summed E-state index contributed by atoms with van der Waals surface area (Å²) in [5.41, 5.74) is 1.61. The first-order valence-corrected chi connectivity index (χ1v) is 12.8. The minimum atomic E-state index is -0.942. The Balaban J connectivity index is 1.20. The molecule has 1 aromatic heterocycles. The molecule has 1 heterocycles. The Morgan fingerprint density at radius 1 is 1.19 bits per heavy atom. The molecule has 180 valence electrons. The number of hydrogen-bond donors (Lipinski definition) is 1. The van der Waals surface area contributed by atoms with Gasteiger partial charge in [0, 0.05) is 25.8 Å². The largest absolute Gasteiger partial charge is 0.465 e. The number of ether oxygens (including phenoxy) is 3. The molecule has 4 saturated carbocycles. The summed E-state index contributed by atoms with van der Waals surface area (Å²) in [5.74, 6) is 1.56. The van der Waals surface area contributed by atoms with Crippen molar-refractivity contribution in [3.63, 3.8) is 0 Å². The molecule has 4 fully saturated rings. The van der Waals surface area contributed by atoms with Gasteiger partial charge >= 0.3 is 6.09 Å². The second kappa shape index (κ2) is 10.1. The summed E-state index contributed by atoms with van der Waals surface area (Å²) in [5, 5.41) is 13.5. The van der Waals surface area contributed by atoms with E-state index < -0.39 is 6.09 Å². The summed E-state index contributed by atoms with van der Waals surface area (Å²) < 4.78 is 21.2. The van der Waals surface area contributed by atoms with Crippen LogP contribution < -0.4 is 0 Å². The number of nitrogens with zero attached hydrogens (tertiary/aromatic N) is 3. The highest BCUT2D eigenvalue weighted by Crippen LogP contribution is 2.63. The van der Waals surface area contributed by atoms with Gasteiger partial charge in [0.05, 0.1) is 48.4 Å². The Bertz CT molecular complexity index is 787. The summed E-state index contributed by atoms with van der Waals surface area (Å²) in [7, 11) is 1.53. The molecule has 0 aliphatic heterocycles. The second-order valence-corrected chi connectivity index (χ2v) is 11.3. The average molecular weight is 561 g/mol. The third-order valence-electron chi connectivity index (χ3n) is 7.56. The quantitative estimate of drug-likeness (QED) is 0.309. The average Bonchev–Trinajstić information content (AvgIpc) is 3.02. The maximum atomic E-state index is 10.7. The van der Waals surface area contributed by atoms with Gasteiger partial charge in [0.25, 0.3) is 0 Å². The van der Waals surface area contributed by atoms with E-state index in [1.165, 1.54) is 53.3 Å². The van der Waals surface area contributed by atoms with Crippen molar-refractivity contribution in [3.8, 4) is 0 Å². The Labute approximate surface area is 204 Å². The predicted octanol–water partition coefficient (Wildman–Crippen LogP) is 3.79. The molecule has 4 aliphatic carbocycles. The number of aromatic nitrogens is 2. The molecule has 2 atom stereocenters. The molecule has 0 radical (unpaired) electrons. The zero-order valence-electron chi connectivity index (χ0n) is 19.2. The van der Waals surface area contributed by atoms with Gasteiger partial charge in [-0.3, -0.25) is 4.68 Å². The van der Waals surface area contributed by atoms with Gasteiger partial charge in [0.15, 0.2) is 0 Å². The van der Waals surface area contributed by atoms with Gasteiger partial charge in [-0.05, 0) is 85.3 Å². The van der Waals surface area contributed by atoms with Crippen LogP contribution in [0.1, 0.15) is 44.2 Å². The summed E-state index contributed by atoms with van der Waals surface area (Å²) in [6.45, 7) is 6.09. The van der Waals surface area contributed by atoms with E-state index in [4.69, 9.17) is 19.3 Å². The van der Waals surface area contributed by atoms with Crippen molar-refractivity contribution in [2.24, 2.45) is 17.3 Å². The first-order valence-electron chi connectivity index (χ1n) is 11.7. The van der Waals surface area contributed by atoms with Gasteiger partial charge in [0.1, 0.15) is 0 Å². The fourth-order valence-corrected chi connectivity index (χ4v) is 6.96. The lowest BCUT2D eigenvalue weighted by atomic mass is 9.48. The molecular weight excluding hydrogens is 525 g/mol. The highest BCUT2D eigenvalue weighted by atomic mass is 127. The topological polar surface area (TPSA) is 86.1 Å². The summed E-state index contributed by atoms with van der Waals surface area (Å²) in [6.07, 6.45) is 8.57. The third kappa shape index (κ3) is 5.59. The number of hydrogen-bond acceptors (Lipinski definition) is 5. The first kappa shape index (κ1) is 24.2. The highest BCUT2D eigenvalue weighted by molar-refractivity contribution is 14.1. The maximum absolute atomic E-state index is 10.7. The maximum Gasteiger partial charge on any atom is 0.407 e. The number of rotatable bonds is 12. The standard InChI is InChI=1S/C23H36IN3O5/c1-17-20(24)14-25-27(17)16-22-10-18-9-19(11-22)13-23(12-18,15-22)32-8-7-31-6-5-30-4-3-26(2)21(28)29/h14,18-19H,3-13,15-16H2,1-2H3,(H,28,29). The van der Waals surface area contributed by atoms with Crippen molar-refractivity contribution in [2.45, 2.75) is 57.6 Å². The molecule has 4 aliphatic rings. The van der Waals surface area contributed by atoms with Gasteiger partial charge in [-0.1, -0.05) is 0 Å². The highest BCUT2D eigenvalue weighted by Gasteiger charge is 2.58. The Morgan fingerprint density at radius 3 is 2.47 bits per heavy atom. The van der Waals surface area contributed by atoms with Crippen LogP contribution in [0, 0.1) is 27.7 Å². The van der Waals surface area contributed by atoms with E-state index in [9.17, 15) is 4.79 Å². The van der Waals surface area contributed by atoms with E-state index in [0.717, 1.165) is 24.8 Å². The van der Waals surface area contributed by atoms with Crippen LogP contribution in [-0.2, 0) is 20.8 Å². The number of carboxylic acid groups (broad SMARTS) is 1. The van der Waals surface area contributed by atoms with E-state index in [1.54, 1.807) is 0 Å². The van der Waals surface area contributed by atoms with Gasteiger partial charge in [-0.25, -0.2) is 4.79 Å². The summed E-state index contributed by atoms with van der Waals surface area (Å²) >= 11 is 2.38. The Kier molecular flexibility index (Phi) is 7.68. The lowest BCUT2D eigenvalue weighted by molar-refractivity contribution is -0.201. The normalized spacial score (nSPS) is 30.7. The number of carbonyl (C=O) groups is 1. The van der Waals surface area contributed by atoms with E-state index >= 15 is 0 Å². The molecule has 0 saturated heterocycles. The van der Waals surface area contributed by atoms with E-state index in [-0.39, 0.29) is 5.60 Å². The van der Waals surface area contributed by atoms with Crippen molar-refractivity contribution < 1.29 is 24.1 Å². The van der Waals surface area contributed by atoms with Gasteiger partial charge in [-0.15, -0.1) is 0 Å². The molecule has 5 rings (SSSR count).